The fraction of sp³-hybridized carbons (Fsp3) is 0.385. The third-order valence-electron chi connectivity index (χ3n) is 2.70. The smallest absolute Gasteiger partial charge is 0.337 e. The lowest BCUT2D eigenvalue weighted by Gasteiger charge is -2.14. The van der Waals surface area contributed by atoms with Gasteiger partial charge in [-0.25, -0.2) is 9.59 Å². The largest absolute Gasteiger partial charge is 0.497 e. The predicted octanol–water partition coefficient (Wildman–Crippen LogP) is 2.31. The van der Waals surface area contributed by atoms with Gasteiger partial charge in [0.25, 0.3) is 0 Å². The van der Waals surface area contributed by atoms with E-state index in [9.17, 15) is 9.59 Å². The second-order valence-corrected chi connectivity index (χ2v) is 4.12. The number of benzene rings is 1. The minimum atomic E-state index is -1.13. The van der Waals surface area contributed by atoms with Crippen molar-refractivity contribution >= 4 is 17.7 Å². The number of amides is 2. The number of aromatic carboxylic acids is 1. The van der Waals surface area contributed by atoms with Gasteiger partial charge in [-0.05, 0) is 31.5 Å². The average Bonchev–Trinajstić information content (AvgIpc) is 2.38. The number of nitrogens with one attached hydrogen (secondary N) is 2. The summed E-state index contributed by atoms with van der Waals surface area (Å²) in [5, 5.41) is 14.3. The molecule has 0 radical (unpaired) electrons. The van der Waals surface area contributed by atoms with Crippen LogP contribution < -0.4 is 15.4 Å². The zero-order valence-electron chi connectivity index (χ0n) is 11.2. The highest BCUT2D eigenvalue weighted by Gasteiger charge is 2.14. The van der Waals surface area contributed by atoms with E-state index in [0.29, 0.717) is 5.75 Å². The van der Waals surface area contributed by atoms with Crippen LogP contribution in [0.5, 0.6) is 5.75 Å². The molecule has 1 aromatic carbocycles. The summed E-state index contributed by atoms with van der Waals surface area (Å²) in [7, 11) is 1.45. The van der Waals surface area contributed by atoms with Crippen molar-refractivity contribution < 1.29 is 19.4 Å². The van der Waals surface area contributed by atoms with Gasteiger partial charge >= 0.3 is 12.0 Å². The molecule has 104 valence electrons. The molecule has 0 spiro atoms. The molecule has 3 N–H and O–H groups in total. The van der Waals surface area contributed by atoms with Gasteiger partial charge in [-0.15, -0.1) is 0 Å². The molecule has 0 fully saturated rings. The Morgan fingerprint density at radius 1 is 1.42 bits per heavy atom. The highest BCUT2D eigenvalue weighted by atomic mass is 16.5. The molecule has 0 aliphatic heterocycles. The van der Waals surface area contributed by atoms with Crippen molar-refractivity contribution in [3.63, 3.8) is 0 Å². The number of ether oxygens (including phenoxy) is 1. The number of hydrogen-bond donors (Lipinski definition) is 3. The Hall–Kier alpha value is -2.24. The van der Waals surface area contributed by atoms with Crippen molar-refractivity contribution in [1.82, 2.24) is 5.32 Å². The summed E-state index contributed by atoms with van der Waals surface area (Å²) in [6, 6.07) is 4.04. The van der Waals surface area contributed by atoms with E-state index in [0.717, 1.165) is 6.42 Å². The van der Waals surface area contributed by atoms with E-state index < -0.39 is 12.0 Å². The van der Waals surface area contributed by atoms with Crippen molar-refractivity contribution in [2.45, 2.75) is 26.3 Å². The number of methoxy groups -OCH3 is 1. The predicted molar refractivity (Wildman–Crippen MR) is 71.9 cm³/mol. The summed E-state index contributed by atoms with van der Waals surface area (Å²) >= 11 is 0. The summed E-state index contributed by atoms with van der Waals surface area (Å²) < 4.78 is 4.96. The first-order valence-corrected chi connectivity index (χ1v) is 5.96. The van der Waals surface area contributed by atoms with Gasteiger partial charge in [0.05, 0.1) is 18.4 Å². The highest BCUT2D eigenvalue weighted by Crippen LogP contribution is 2.22. The third-order valence-corrected chi connectivity index (χ3v) is 2.70. The maximum Gasteiger partial charge on any atom is 0.337 e. The zero-order valence-corrected chi connectivity index (χ0v) is 11.2. The van der Waals surface area contributed by atoms with E-state index in [2.05, 4.69) is 10.6 Å². The summed E-state index contributed by atoms with van der Waals surface area (Å²) in [6.45, 7) is 3.81. The molecule has 0 saturated heterocycles. The summed E-state index contributed by atoms with van der Waals surface area (Å²) in [4.78, 5) is 22.8. The summed E-state index contributed by atoms with van der Waals surface area (Å²) in [6.07, 6.45) is 0.793. The highest BCUT2D eigenvalue weighted by molar-refractivity contribution is 6.00. The van der Waals surface area contributed by atoms with E-state index in [1.54, 1.807) is 6.07 Å². The van der Waals surface area contributed by atoms with Crippen molar-refractivity contribution in [3.05, 3.63) is 23.8 Å². The van der Waals surface area contributed by atoms with Crippen LogP contribution in [0.1, 0.15) is 30.6 Å². The van der Waals surface area contributed by atoms with Crippen molar-refractivity contribution in [2.24, 2.45) is 0 Å². The number of hydrogen-bond acceptors (Lipinski definition) is 3. The van der Waals surface area contributed by atoms with Gasteiger partial charge in [-0.2, -0.15) is 0 Å². The van der Waals surface area contributed by atoms with E-state index in [1.165, 1.54) is 19.2 Å². The number of carbonyl (C=O) groups is 2. The Balaban J connectivity index is 2.88. The topological polar surface area (TPSA) is 87.7 Å². The second kappa shape index (κ2) is 6.63. The molecule has 1 unspecified atom stereocenters. The fourth-order valence-electron chi connectivity index (χ4n) is 1.42. The second-order valence-electron chi connectivity index (χ2n) is 4.12. The van der Waals surface area contributed by atoms with Crippen LogP contribution in [0.4, 0.5) is 10.5 Å². The molecule has 6 heteroatoms. The molecule has 2 amide bonds. The van der Waals surface area contributed by atoms with Gasteiger partial charge in [-0.1, -0.05) is 6.92 Å². The molecule has 0 heterocycles. The SMILES string of the molecule is CCC(C)NC(=O)Nc1ccc(OC)cc1C(=O)O. The molecule has 6 nitrogen and oxygen atoms in total. The van der Waals surface area contributed by atoms with E-state index >= 15 is 0 Å². The fourth-order valence-corrected chi connectivity index (χ4v) is 1.42. The van der Waals surface area contributed by atoms with Crippen molar-refractivity contribution in [1.29, 1.82) is 0 Å². The minimum absolute atomic E-state index is 0.0151. The van der Waals surface area contributed by atoms with Gasteiger partial charge in [0.15, 0.2) is 0 Å². The van der Waals surface area contributed by atoms with Gasteiger partial charge < -0.3 is 20.5 Å². The molecular weight excluding hydrogens is 248 g/mol. The van der Waals surface area contributed by atoms with E-state index in [4.69, 9.17) is 9.84 Å². The molecule has 1 atom stereocenters. The van der Waals surface area contributed by atoms with Gasteiger partial charge in [-0.3, -0.25) is 0 Å². The molecule has 0 saturated carbocycles. The van der Waals surface area contributed by atoms with Gasteiger partial charge in [0.1, 0.15) is 5.75 Å². The molecular formula is C13H18N2O4. The Labute approximate surface area is 111 Å². The first-order chi connectivity index (χ1) is 8.97. The maximum absolute atomic E-state index is 11.7. The number of urea groups is 1. The normalized spacial score (nSPS) is 11.5. The standard InChI is InChI=1S/C13H18N2O4/c1-4-8(2)14-13(18)15-11-6-5-9(19-3)7-10(11)12(16)17/h5-8H,4H2,1-3H3,(H,16,17)(H2,14,15,18). The lowest BCUT2D eigenvalue weighted by Crippen LogP contribution is -2.35. The zero-order chi connectivity index (χ0) is 14.4. The van der Waals surface area contributed by atoms with Crippen LogP contribution in [0.25, 0.3) is 0 Å². The van der Waals surface area contributed by atoms with Crippen LogP contribution >= 0.6 is 0 Å². The van der Waals surface area contributed by atoms with Gasteiger partial charge in [0, 0.05) is 6.04 Å². The molecule has 0 aliphatic rings. The number of carboxylic acids is 1. The number of carbonyl (C=O) groups excluding carboxylic acids is 1. The molecule has 0 aliphatic carbocycles. The Morgan fingerprint density at radius 2 is 2.11 bits per heavy atom. The lowest BCUT2D eigenvalue weighted by molar-refractivity contribution is 0.0697. The number of rotatable bonds is 5. The minimum Gasteiger partial charge on any atom is -0.497 e. The first-order valence-electron chi connectivity index (χ1n) is 5.96. The van der Waals surface area contributed by atoms with Gasteiger partial charge in [0.2, 0.25) is 0 Å². The van der Waals surface area contributed by atoms with Crippen LogP contribution in [-0.2, 0) is 0 Å². The van der Waals surface area contributed by atoms with Crippen LogP contribution in [0.3, 0.4) is 0 Å². The Morgan fingerprint density at radius 3 is 2.63 bits per heavy atom. The quantitative estimate of drug-likeness (QED) is 0.763. The van der Waals surface area contributed by atoms with E-state index in [-0.39, 0.29) is 17.3 Å². The van der Waals surface area contributed by atoms with E-state index in [1.807, 2.05) is 13.8 Å². The molecule has 0 bridgehead atoms. The number of anilines is 1. The van der Waals surface area contributed by atoms with Crippen molar-refractivity contribution in [2.75, 3.05) is 12.4 Å². The van der Waals surface area contributed by atoms with Crippen LogP contribution in [-0.4, -0.2) is 30.3 Å². The third kappa shape index (κ3) is 4.17. The monoisotopic (exact) mass is 266 g/mol. The lowest BCUT2D eigenvalue weighted by atomic mass is 10.1. The molecule has 0 aromatic heterocycles. The summed E-state index contributed by atoms with van der Waals surface area (Å²) in [5.41, 5.74) is 0.216. The van der Waals surface area contributed by atoms with Crippen molar-refractivity contribution in [3.8, 4) is 5.75 Å². The first kappa shape index (κ1) is 14.8. The molecule has 1 aromatic rings. The molecule has 1 rings (SSSR count). The number of carboxylic acid groups (broad SMARTS) is 1. The van der Waals surface area contributed by atoms with Crippen LogP contribution in [0.2, 0.25) is 0 Å². The average molecular weight is 266 g/mol. The van der Waals surface area contributed by atoms with Crippen LogP contribution in [0.15, 0.2) is 18.2 Å². The molecule has 19 heavy (non-hydrogen) atoms. The Kier molecular flexibility index (Phi) is 5.17. The summed E-state index contributed by atoms with van der Waals surface area (Å²) in [5.74, 6) is -0.706. The maximum atomic E-state index is 11.7. The Bertz CT molecular complexity index is 474. The van der Waals surface area contributed by atoms with Crippen LogP contribution in [0, 0.1) is 0 Å².